The van der Waals surface area contributed by atoms with Crippen molar-refractivity contribution in [1.29, 1.82) is 5.26 Å². The van der Waals surface area contributed by atoms with Crippen LogP contribution in [0.3, 0.4) is 0 Å². The molecule has 4 heteroatoms. The van der Waals surface area contributed by atoms with Gasteiger partial charge in [0.2, 0.25) is 0 Å². The summed E-state index contributed by atoms with van der Waals surface area (Å²) < 4.78 is 0. The molecule has 0 aliphatic rings. The van der Waals surface area contributed by atoms with E-state index < -0.39 is 5.54 Å². The molecule has 0 radical (unpaired) electrons. The van der Waals surface area contributed by atoms with Gasteiger partial charge in [0.05, 0.1) is 31.2 Å². The number of nitrogens with one attached hydrogen (secondary N) is 1. The SMILES string of the molecule is CCC(CO)(CO)NC(C)CC#N. The number of nitriles is 1. The van der Waals surface area contributed by atoms with Gasteiger partial charge in [-0.3, -0.25) is 0 Å². The van der Waals surface area contributed by atoms with Crippen LogP contribution < -0.4 is 5.32 Å². The third-order valence-corrected chi connectivity index (χ3v) is 2.23. The lowest BCUT2D eigenvalue weighted by Crippen LogP contribution is -2.54. The Morgan fingerprint density at radius 1 is 1.46 bits per heavy atom. The van der Waals surface area contributed by atoms with Crippen LogP contribution in [0.5, 0.6) is 0 Å². The molecule has 0 aromatic carbocycles. The highest BCUT2D eigenvalue weighted by Gasteiger charge is 2.27. The highest BCUT2D eigenvalue weighted by atomic mass is 16.3. The van der Waals surface area contributed by atoms with Gasteiger partial charge in [-0.15, -0.1) is 0 Å². The summed E-state index contributed by atoms with van der Waals surface area (Å²) in [5.41, 5.74) is -0.643. The number of rotatable bonds is 6. The molecule has 76 valence electrons. The predicted octanol–water partition coefficient (Wildman–Crippen LogP) is 0.0116. The maximum Gasteiger partial charge on any atom is 0.0647 e. The van der Waals surface area contributed by atoms with Gasteiger partial charge in [-0.2, -0.15) is 5.26 Å². The van der Waals surface area contributed by atoms with E-state index in [2.05, 4.69) is 5.32 Å². The van der Waals surface area contributed by atoms with E-state index in [9.17, 15) is 0 Å². The quantitative estimate of drug-likeness (QED) is 0.546. The highest BCUT2D eigenvalue weighted by molar-refractivity contribution is 4.90. The fourth-order valence-corrected chi connectivity index (χ4v) is 1.18. The van der Waals surface area contributed by atoms with Gasteiger partial charge in [0.15, 0.2) is 0 Å². The molecule has 0 aliphatic heterocycles. The Hall–Kier alpha value is -0.630. The second-order valence-corrected chi connectivity index (χ2v) is 3.36. The second-order valence-electron chi connectivity index (χ2n) is 3.36. The van der Waals surface area contributed by atoms with Crippen LogP contribution in [0.4, 0.5) is 0 Å². The first-order valence-electron chi connectivity index (χ1n) is 4.50. The molecule has 0 fully saturated rings. The highest BCUT2D eigenvalue weighted by Crippen LogP contribution is 2.10. The van der Waals surface area contributed by atoms with Gasteiger partial charge in [0.1, 0.15) is 0 Å². The van der Waals surface area contributed by atoms with Crippen LogP contribution in [0.2, 0.25) is 0 Å². The Morgan fingerprint density at radius 2 is 2.00 bits per heavy atom. The molecule has 13 heavy (non-hydrogen) atoms. The largest absolute Gasteiger partial charge is 0.394 e. The van der Waals surface area contributed by atoms with E-state index in [1.54, 1.807) is 0 Å². The Balaban J connectivity index is 4.17. The molecule has 1 unspecified atom stereocenters. The summed E-state index contributed by atoms with van der Waals surface area (Å²) in [5.74, 6) is 0. The van der Waals surface area contributed by atoms with Crippen molar-refractivity contribution >= 4 is 0 Å². The third kappa shape index (κ3) is 3.73. The molecule has 0 aromatic rings. The molecule has 4 nitrogen and oxygen atoms in total. The normalized spacial score (nSPS) is 13.8. The van der Waals surface area contributed by atoms with Crippen molar-refractivity contribution in [2.24, 2.45) is 0 Å². The Bertz CT molecular complexity index is 165. The van der Waals surface area contributed by atoms with Crippen LogP contribution in [-0.2, 0) is 0 Å². The summed E-state index contributed by atoms with van der Waals surface area (Å²) >= 11 is 0. The minimum Gasteiger partial charge on any atom is -0.394 e. The standard InChI is InChI=1S/C9H18N2O2/c1-3-9(6-12,7-13)11-8(2)4-5-10/h8,11-13H,3-4,6-7H2,1-2H3. The molecule has 0 saturated carbocycles. The minimum atomic E-state index is -0.643. The first kappa shape index (κ1) is 12.4. The maximum atomic E-state index is 9.09. The topological polar surface area (TPSA) is 76.3 Å². The van der Waals surface area contributed by atoms with E-state index in [4.69, 9.17) is 15.5 Å². The average molecular weight is 186 g/mol. The summed E-state index contributed by atoms with van der Waals surface area (Å²) in [4.78, 5) is 0. The molecular weight excluding hydrogens is 168 g/mol. The molecule has 0 heterocycles. The van der Waals surface area contributed by atoms with E-state index in [1.165, 1.54) is 0 Å². The van der Waals surface area contributed by atoms with Gasteiger partial charge in [0.25, 0.3) is 0 Å². The third-order valence-electron chi connectivity index (χ3n) is 2.23. The van der Waals surface area contributed by atoms with Crippen LogP contribution in [-0.4, -0.2) is 35.0 Å². The first-order valence-corrected chi connectivity index (χ1v) is 4.50. The van der Waals surface area contributed by atoms with Crippen LogP contribution in [0.25, 0.3) is 0 Å². The number of nitrogens with zero attached hydrogens (tertiary/aromatic N) is 1. The maximum absolute atomic E-state index is 9.09. The molecular formula is C9H18N2O2. The first-order chi connectivity index (χ1) is 6.14. The number of hydrogen-bond donors (Lipinski definition) is 3. The van der Waals surface area contributed by atoms with Gasteiger partial charge >= 0.3 is 0 Å². The van der Waals surface area contributed by atoms with Crippen LogP contribution >= 0.6 is 0 Å². The van der Waals surface area contributed by atoms with Crippen molar-refractivity contribution in [1.82, 2.24) is 5.32 Å². The van der Waals surface area contributed by atoms with Crippen LogP contribution in [0.1, 0.15) is 26.7 Å². The monoisotopic (exact) mass is 186 g/mol. The number of aliphatic hydroxyl groups is 2. The Labute approximate surface area is 79.2 Å². The van der Waals surface area contributed by atoms with Gasteiger partial charge < -0.3 is 15.5 Å². The van der Waals surface area contributed by atoms with E-state index in [1.807, 2.05) is 19.9 Å². The summed E-state index contributed by atoms with van der Waals surface area (Å²) in [6, 6.07) is 2.03. The van der Waals surface area contributed by atoms with E-state index in [-0.39, 0.29) is 19.3 Å². The van der Waals surface area contributed by atoms with Crippen molar-refractivity contribution in [3.63, 3.8) is 0 Å². The van der Waals surface area contributed by atoms with E-state index in [0.29, 0.717) is 12.8 Å². The lowest BCUT2D eigenvalue weighted by molar-refractivity contribution is 0.0797. The summed E-state index contributed by atoms with van der Waals surface area (Å²) in [7, 11) is 0. The Morgan fingerprint density at radius 3 is 2.31 bits per heavy atom. The molecule has 0 aliphatic carbocycles. The molecule has 0 saturated heterocycles. The zero-order valence-electron chi connectivity index (χ0n) is 8.25. The smallest absolute Gasteiger partial charge is 0.0647 e. The summed E-state index contributed by atoms with van der Waals surface area (Å²) in [6.45, 7) is 3.52. The fraction of sp³-hybridized carbons (Fsp3) is 0.889. The lowest BCUT2D eigenvalue weighted by atomic mass is 9.97. The number of aliphatic hydroxyl groups excluding tert-OH is 2. The summed E-state index contributed by atoms with van der Waals surface area (Å²) in [6.07, 6.45) is 1.01. The van der Waals surface area contributed by atoms with E-state index >= 15 is 0 Å². The molecule has 0 rings (SSSR count). The Kier molecular flexibility index (Phi) is 5.63. The van der Waals surface area contributed by atoms with Gasteiger partial charge in [-0.1, -0.05) is 6.92 Å². The van der Waals surface area contributed by atoms with Crippen molar-refractivity contribution < 1.29 is 10.2 Å². The zero-order chi connectivity index (χ0) is 10.3. The van der Waals surface area contributed by atoms with Crippen LogP contribution in [0.15, 0.2) is 0 Å². The minimum absolute atomic E-state index is 0.00995. The zero-order valence-corrected chi connectivity index (χ0v) is 8.25. The predicted molar refractivity (Wildman–Crippen MR) is 50.0 cm³/mol. The van der Waals surface area contributed by atoms with Crippen molar-refractivity contribution in [3.05, 3.63) is 0 Å². The molecule has 0 bridgehead atoms. The van der Waals surface area contributed by atoms with Gasteiger partial charge in [-0.25, -0.2) is 0 Å². The molecule has 0 amide bonds. The fourth-order valence-electron chi connectivity index (χ4n) is 1.18. The molecule has 0 aromatic heterocycles. The van der Waals surface area contributed by atoms with Crippen LogP contribution in [0, 0.1) is 11.3 Å². The van der Waals surface area contributed by atoms with Gasteiger partial charge in [-0.05, 0) is 13.3 Å². The molecule has 3 N–H and O–H groups in total. The lowest BCUT2D eigenvalue weighted by Gasteiger charge is -2.32. The average Bonchev–Trinajstić information content (AvgIpc) is 2.15. The van der Waals surface area contributed by atoms with Gasteiger partial charge in [0, 0.05) is 6.04 Å². The summed E-state index contributed by atoms with van der Waals surface area (Å²) in [5, 5.41) is 29.7. The van der Waals surface area contributed by atoms with Crippen molar-refractivity contribution in [2.45, 2.75) is 38.3 Å². The molecule has 0 spiro atoms. The number of hydrogen-bond acceptors (Lipinski definition) is 4. The van der Waals surface area contributed by atoms with E-state index in [0.717, 1.165) is 0 Å². The second kappa shape index (κ2) is 5.92. The van der Waals surface area contributed by atoms with Crippen molar-refractivity contribution in [2.75, 3.05) is 13.2 Å². The molecule has 1 atom stereocenters. The van der Waals surface area contributed by atoms with Crippen molar-refractivity contribution in [3.8, 4) is 6.07 Å².